The minimum atomic E-state index is -0.291. The largest absolute Gasteiger partial charge is 0.347 e. The maximum Gasteiger partial charge on any atom is 0.251 e. The molecule has 0 aliphatic carbocycles. The summed E-state index contributed by atoms with van der Waals surface area (Å²) in [5.41, 5.74) is 4.46. The van der Waals surface area contributed by atoms with E-state index in [9.17, 15) is 4.79 Å². The van der Waals surface area contributed by atoms with Crippen LogP contribution in [0.3, 0.4) is 0 Å². The van der Waals surface area contributed by atoms with Gasteiger partial charge in [0.2, 0.25) is 0 Å². The Labute approximate surface area is 182 Å². The average molecular weight is 427 g/mol. The highest BCUT2D eigenvalue weighted by atomic mass is 35.5. The van der Waals surface area contributed by atoms with E-state index in [1.165, 1.54) is 4.88 Å². The molecule has 0 saturated heterocycles. The zero-order valence-electron chi connectivity index (χ0n) is 17.8. The van der Waals surface area contributed by atoms with E-state index in [0.717, 1.165) is 22.4 Å². The molecule has 3 nitrogen and oxygen atoms in total. The van der Waals surface area contributed by atoms with Crippen LogP contribution in [0.2, 0.25) is 5.02 Å². The molecule has 2 aromatic heterocycles. The third-order valence-electron chi connectivity index (χ3n) is 4.44. The van der Waals surface area contributed by atoms with Gasteiger partial charge in [0, 0.05) is 43.9 Å². The Morgan fingerprint density at radius 2 is 1.72 bits per heavy atom. The van der Waals surface area contributed by atoms with Gasteiger partial charge in [-0.25, -0.2) is 0 Å². The summed E-state index contributed by atoms with van der Waals surface area (Å²) in [6.45, 7) is 12.4. The number of carbonyl (C=O) groups excluding carboxylic acids is 1. The summed E-state index contributed by atoms with van der Waals surface area (Å²) in [6, 6.07) is 11.8. The molecule has 1 aromatic carbocycles. The summed E-state index contributed by atoms with van der Waals surface area (Å²) < 4.78 is 0. The van der Waals surface area contributed by atoms with Crippen LogP contribution in [-0.4, -0.2) is 16.4 Å². The van der Waals surface area contributed by atoms with Gasteiger partial charge in [0.25, 0.3) is 5.91 Å². The summed E-state index contributed by atoms with van der Waals surface area (Å²) in [4.78, 5) is 18.1. The number of hydrogen-bond acceptors (Lipinski definition) is 3. The van der Waals surface area contributed by atoms with Crippen molar-refractivity contribution in [3.63, 3.8) is 0 Å². The topological polar surface area (TPSA) is 42.0 Å². The standard InChI is InChI=1S/C24H27ClN2OS/c1-23(2,3)21-13-15(9-10-26-21)20-12-17(14-29-20)18-8-7-16(11-19(18)25)22(28)27-24(4,5)6/h7-14H,1-6H3,(H,27,28). The van der Waals surface area contributed by atoms with E-state index in [0.29, 0.717) is 10.6 Å². The Morgan fingerprint density at radius 3 is 2.34 bits per heavy atom. The Morgan fingerprint density at radius 1 is 1.00 bits per heavy atom. The highest BCUT2D eigenvalue weighted by molar-refractivity contribution is 7.14. The van der Waals surface area contributed by atoms with Gasteiger partial charge in [-0.1, -0.05) is 38.4 Å². The normalized spacial score (nSPS) is 12.1. The van der Waals surface area contributed by atoms with Gasteiger partial charge in [-0.15, -0.1) is 11.3 Å². The maximum absolute atomic E-state index is 12.4. The van der Waals surface area contributed by atoms with Crippen molar-refractivity contribution in [3.05, 3.63) is 64.3 Å². The zero-order chi connectivity index (χ0) is 21.4. The molecule has 29 heavy (non-hydrogen) atoms. The van der Waals surface area contributed by atoms with Crippen molar-refractivity contribution in [2.24, 2.45) is 0 Å². The van der Waals surface area contributed by atoms with Crippen LogP contribution in [0, 0.1) is 0 Å². The van der Waals surface area contributed by atoms with Gasteiger partial charge in [-0.05, 0) is 67.6 Å². The predicted octanol–water partition coefficient (Wildman–Crippen LogP) is 6.96. The Balaban J connectivity index is 1.88. The molecule has 0 unspecified atom stereocenters. The number of pyridine rings is 1. The second kappa shape index (κ2) is 7.92. The second-order valence-electron chi connectivity index (χ2n) is 9.28. The van der Waals surface area contributed by atoms with E-state index in [4.69, 9.17) is 11.6 Å². The molecule has 0 bridgehead atoms. The minimum absolute atomic E-state index is 0.00284. The van der Waals surface area contributed by atoms with Crippen molar-refractivity contribution < 1.29 is 4.79 Å². The van der Waals surface area contributed by atoms with E-state index in [2.05, 4.69) is 48.6 Å². The first-order valence-electron chi connectivity index (χ1n) is 9.62. The molecule has 0 spiro atoms. The van der Waals surface area contributed by atoms with Crippen molar-refractivity contribution in [1.82, 2.24) is 10.3 Å². The number of hydrogen-bond donors (Lipinski definition) is 1. The molecule has 0 saturated carbocycles. The third kappa shape index (κ3) is 5.26. The SMILES string of the molecule is CC(C)(C)NC(=O)c1ccc(-c2csc(-c3ccnc(C(C)(C)C)c3)c2)c(Cl)c1. The van der Waals surface area contributed by atoms with Crippen LogP contribution in [0.1, 0.15) is 57.6 Å². The lowest BCUT2D eigenvalue weighted by Crippen LogP contribution is -2.40. The monoisotopic (exact) mass is 426 g/mol. The molecule has 1 amide bonds. The lowest BCUT2D eigenvalue weighted by Gasteiger charge is -2.20. The average Bonchev–Trinajstić information content (AvgIpc) is 3.09. The van der Waals surface area contributed by atoms with Crippen LogP contribution in [0.4, 0.5) is 0 Å². The molecule has 0 radical (unpaired) electrons. The fourth-order valence-electron chi connectivity index (χ4n) is 2.93. The lowest BCUT2D eigenvalue weighted by atomic mass is 9.90. The van der Waals surface area contributed by atoms with Crippen LogP contribution in [0.15, 0.2) is 48.0 Å². The Kier molecular flexibility index (Phi) is 5.88. The van der Waals surface area contributed by atoms with Crippen molar-refractivity contribution in [1.29, 1.82) is 0 Å². The molecule has 3 aromatic rings. The number of benzene rings is 1. The van der Waals surface area contributed by atoms with Gasteiger partial charge in [0.1, 0.15) is 0 Å². The van der Waals surface area contributed by atoms with Gasteiger partial charge in [0.15, 0.2) is 0 Å². The van der Waals surface area contributed by atoms with E-state index in [1.807, 2.05) is 45.2 Å². The first-order chi connectivity index (χ1) is 13.4. The molecular formula is C24H27ClN2OS. The molecule has 3 rings (SSSR count). The second-order valence-corrected chi connectivity index (χ2v) is 10.6. The number of nitrogens with zero attached hydrogens (tertiary/aromatic N) is 1. The summed E-state index contributed by atoms with van der Waals surface area (Å²) in [5, 5.41) is 5.63. The van der Waals surface area contributed by atoms with E-state index >= 15 is 0 Å². The summed E-state index contributed by atoms with van der Waals surface area (Å²) in [7, 11) is 0. The molecule has 0 fully saturated rings. The van der Waals surface area contributed by atoms with E-state index in [1.54, 1.807) is 17.4 Å². The van der Waals surface area contributed by atoms with Crippen LogP contribution in [0.5, 0.6) is 0 Å². The van der Waals surface area contributed by atoms with Crippen molar-refractivity contribution in [2.75, 3.05) is 0 Å². The highest BCUT2D eigenvalue weighted by Crippen LogP contribution is 2.37. The molecule has 152 valence electrons. The molecule has 0 aliphatic heterocycles. The van der Waals surface area contributed by atoms with Crippen LogP contribution in [-0.2, 0) is 5.41 Å². The van der Waals surface area contributed by atoms with Gasteiger partial charge in [0.05, 0.1) is 0 Å². The van der Waals surface area contributed by atoms with Crippen molar-refractivity contribution >= 4 is 28.8 Å². The van der Waals surface area contributed by atoms with Gasteiger partial charge in [-0.3, -0.25) is 9.78 Å². The molecular weight excluding hydrogens is 400 g/mol. The number of carbonyl (C=O) groups is 1. The molecule has 0 aliphatic rings. The number of rotatable bonds is 3. The third-order valence-corrected chi connectivity index (χ3v) is 5.74. The quantitative estimate of drug-likeness (QED) is 0.492. The number of nitrogens with one attached hydrogen (secondary N) is 1. The van der Waals surface area contributed by atoms with Crippen molar-refractivity contribution in [2.45, 2.75) is 52.5 Å². The van der Waals surface area contributed by atoms with Gasteiger partial charge in [-0.2, -0.15) is 0 Å². The fourth-order valence-corrected chi connectivity index (χ4v) is 4.12. The van der Waals surface area contributed by atoms with E-state index < -0.39 is 0 Å². The number of thiophene rings is 1. The number of aromatic nitrogens is 1. The highest BCUT2D eigenvalue weighted by Gasteiger charge is 2.18. The maximum atomic E-state index is 12.4. The minimum Gasteiger partial charge on any atom is -0.347 e. The first kappa shape index (κ1) is 21.5. The summed E-state index contributed by atoms with van der Waals surface area (Å²) >= 11 is 8.21. The van der Waals surface area contributed by atoms with Crippen LogP contribution < -0.4 is 5.32 Å². The Bertz CT molecular complexity index is 1040. The Hall–Kier alpha value is -2.17. The zero-order valence-corrected chi connectivity index (χ0v) is 19.3. The molecule has 2 heterocycles. The molecule has 1 N–H and O–H groups in total. The van der Waals surface area contributed by atoms with Crippen molar-refractivity contribution in [3.8, 4) is 21.6 Å². The summed E-state index contributed by atoms with van der Waals surface area (Å²) in [6.07, 6.45) is 1.87. The van der Waals surface area contributed by atoms with Gasteiger partial charge >= 0.3 is 0 Å². The lowest BCUT2D eigenvalue weighted by molar-refractivity contribution is 0.0919. The summed E-state index contributed by atoms with van der Waals surface area (Å²) in [5.74, 6) is -0.122. The van der Waals surface area contributed by atoms with E-state index in [-0.39, 0.29) is 16.9 Å². The predicted molar refractivity (Wildman–Crippen MR) is 124 cm³/mol. The fraction of sp³-hybridized carbons (Fsp3) is 0.333. The van der Waals surface area contributed by atoms with Crippen LogP contribution >= 0.6 is 22.9 Å². The van der Waals surface area contributed by atoms with Gasteiger partial charge < -0.3 is 5.32 Å². The molecule has 0 atom stereocenters. The van der Waals surface area contributed by atoms with Crippen LogP contribution in [0.25, 0.3) is 21.6 Å². The first-order valence-corrected chi connectivity index (χ1v) is 10.9. The molecule has 5 heteroatoms. The number of halogens is 1. The smallest absolute Gasteiger partial charge is 0.251 e. The number of amides is 1.